The van der Waals surface area contributed by atoms with Gasteiger partial charge in [0.1, 0.15) is 11.2 Å². The van der Waals surface area contributed by atoms with Crippen molar-refractivity contribution >= 4 is 60.8 Å². The quantitative estimate of drug-likeness (QED) is 0.153. The third-order valence-electron chi connectivity index (χ3n) is 11.1. The highest BCUT2D eigenvalue weighted by atomic mass is 16.3. The van der Waals surface area contributed by atoms with E-state index in [2.05, 4.69) is 193 Å². The van der Waals surface area contributed by atoms with Crippen LogP contribution in [0.25, 0.3) is 88.5 Å². The van der Waals surface area contributed by atoms with Crippen molar-refractivity contribution in [3.8, 4) is 44.8 Å². The van der Waals surface area contributed by atoms with Crippen molar-refractivity contribution in [2.24, 2.45) is 0 Å². The predicted molar refractivity (Wildman–Crippen MR) is 241 cm³/mol. The SMILES string of the molecule is c1ccc(-c2ccc(N(c3ccc(-c4ccc5ccc6nc(-c7ccccc7)c(-c7ccccc7)nc6c5c4)cc3)c3ccc4oc5ccccc5c4c3)cc2)cc1. The van der Waals surface area contributed by atoms with Crippen LogP contribution in [-0.4, -0.2) is 9.97 Å². The molecule has 2 heterocycles. The second-order valence-corrected chi connectivity index (χ2v) is 14.6. The number of aromatic nitrogens is 2. The van der Waals surface area contributed by atoms with Gasteiger partial charge in [-0.05, 0) is 88.3 Å². The number of furan rings is 1. The van der Waals surface area contributed by atoms with Gasteiger partial charge in [0, 0.05) is 44.3 Å². The van der Waals surface area contributed by atoms with E-state index in [4.69, 9.17) is 14.4 Å². The molecule has 0 radical (unpaired) electrons. The summed E-state index contributed by atoms with van der Waals surface area (Å²) in [5.41, 5.74) is 15.2. The Kier molecular flexibility index (Phi) is 8.11. The Morgan fingerprint density at radius 3 is 1.50 bits per heavy atom. The maximum atomic E-state index is 6.21. The second kappa shape index (κ2) is 14.0. The largest absolute Gasteiger partial charge is 0.456 e. The van der Waals surface area contributed by atoms with Gasteiger partial charge in [0.2, 0.25) is 0 Å². The van der Waals surface area contributed by atoms with Gasteiger partial charge in [0.05, 0.1) is 22.4 Å². The van der Waals surface area contributed by atoms with E-state index < -0.39 is 0 Å². The van der Waals surface area contributed by atoms with Crippen molar-refractivity contribution in [2.75, 3.05) is 4.90 Å². The summed E-state index contributed by atoms with van der Waals surface area (Å²) in [6, 6.07) is 74.5. The average Bonchev–Trinajstić information content (AvgIpc) is 3.68. The Labute approximate surface area is 335 Å². The number of nitrogens with zero attached hydrogens (tertiary/aromatic N) is 3. The number of rotatable bonds is 7. The van der Waals surface area contributed by atoms with Crippen molar-refractivity contribution in [1.29, 1.82) is 0 Å². The molecule has 0 amide bonds. The van der Waals surface area contributed by atoms with Crippen molar-refractivity contribution in [2.45, 2.75) is 0 Å². The Hall–Kier alpha value is -7.82. The van der Waals surface area contributed by atoms with Crippen molar-refractivity contribution in [3.05, 3.63) is 212 Å². The van der Waals surface area contributed by atoms with Crippen molar-refractivity contribution in [3.63, 3.8) is 0 Å². The van der Waals surface area contributed by atoms with Crippen LogP contribution in [0.4, 0.5) is 17.1 Å². The molecular formula is C54H35N3O. The van der Waals surface area contributed by atoms with Gasteiger partial charge in [0.25, 0.3) is 0 Å². The van der Waals surface area contributed by atoms with E-state index in [0.29, 0.717) is 0 Å². The first kappa shape index (κ1) is 33.5. The fourth-order valence-electron chi connectivity index (χ4n) is 8.15. The van der Waals surface area contributed by atoms with Gasteiger partial charge in [-0.2, -0.15) is 0 Å². The van der Waals surface area contributed by atoms with Crippen LogP contribution in [-0.2, 0) is 0 Å². The van der Waals surface area contributed by atoms with Gasteiger partial charge >= 0.3 is 0 Å². The maximum Gasteiger partial charge on any atom is 0.135 e. The molecule has 58 heavy (non-hydrogen) atoms. The molecule has 11 aromatic rings. The first-order valence-corrected chi connectivity index (χ1v) is 19.6. The molecule has 0 bridgehead atoms. The van der Waals surface area contributed by atoms with Crippen LogP contribution < -0.4 is 4.90 Å². The van der Waals surface area contributed by atoms with Crippen LogP contribution >= 0.6 is 0 Å². The zero-order valence-electron chi connectivity index (χ0n) is 31.5. The van der Waals surface area contributed by atoms with Gasteiger partial charge in [-0.1, -0.05) is 152 Å². The molecule has 0 saturated carbocycles. The Morgan fingerprint density at radius 1 is 0.328 bits per heavy atom. The molecule has 0 unspecified atom stereocenters. The van der Waals surface area contributed by atoms with E-state index in [0.717, 1.165) is 94.4 Å². The monoisotopic (exact) mass is 741 g/mol. The minimum Gasteiger partial charge on any atom is -0.456 e. The molecule has 272 valence electrons. The van der Waals surface area contributed by atoms with Gasteiger partial charge in [0.15, 0.2) is 0 Å². The summed E-state index contributed by atoms with van der Waals surface area (Å²) in [5.74, 6) is 0. The molecule has 0 N–H and O–H groups in total. The molecule has 0 aliphatic carbocycles. The number of fused-ring (bicyclic) bond motifs is 6. The number of hydrogen-bond donors (Lipinski definition) is 0. The van der Waals surface area contributed by atoms with Gasteiger partial charge in [-0.15, -0.1) is 0 Å². The smallest absolute Gasteiger partial charge is 0.135 e. The van der Waals surface area contributed by atoms with Crippen LogP contribution in [0.1, 0.15) is 0 Å². The van der Waals surface area contributed by atoms with Crippen LogP contribution in [0.2, 0.25) is 0 Å². The fraction of sp³-hybridized carbons (Fsp3) is 0. The van der Waals surface area contributed by atoms with Crippen molar-refractivity contribution in [1.82, 2.24) is 9.97 Å². The lowest BCUT2D eigenvalue weighted by molar-refractivity contribution is 0.669. The van der Waals surface area contributed by atoms with E-state index in [1.165, 1.54) is 11.1 Å². The molecule has 9 aromatic carbocycles. The number of hydrogen-bond acceptors (Lipinski definition) is 4. The molecule has 0 saturated heterocycles. The first-order valence-electron chi connectivity index (χ1n) is 19.6. The normalized spacial score (nSPS) is 11.4. The zero-order chi connectivity index (χ0) is 38.4. The van der Waals surface area contributed by atoms with E-state index in [-0.39, 0.29) is 0 Å². The summed E-state index contributed by atoms with van der Waals surface area (Å²) in [7, 11) is 0. The van der Waals surface area contributed by atoms with Crippen LogP contribution in [0.3, 0.4) is 0 Å². The molecule has 0 aliphatic heterocycles. The van der Waals surface area contributed by atoms with E-state index >= 15 is 0 Å². The Balaban J connectivity index is 1.01. The van der Waals surface area contributed by atoms with E-state index in [1.807, 2.05) is 24.3 Å². The topological polar surface area (TPSA) is 42.2 Å². The minimum absolute atomic E-state index is 0.870. The molecule has 0 atom stereocenters. The third-order valence-corrected chi connectivity index (χ3v) is 11.1. The van der Waals surface area contributed by atoms with Gasteiger partial charge < -0.3 is 9.32 Å². The van der Waals surface area contributed by atoms with Crippen molar-refractivity contribution < 1.29 is 4.42 Å². The highest BCUT2D eigenvalue weighted by Crippen LogP contribution is 2.41. The lowest BCUT2D eigenvalue weighted by atomic mass is 9.98. The molecule has 4 nitrogen and oxygen atoms in total. The highest BCUT2D eigenvalue weighted by molar-refractivity contribution is 6.08. The summed E-state index contributed by atoms with van der Waals surface area (Å²) in [5, 5.41) is 4.40. The van der Waals surface area contributed by atoms with Gasteiger partial charge in [-0.25, -0.2) is 9.97 Å². The molecule has 0 fully saturated rings. The standard InChI is InChI=1S/C54H35N3O/c1-4-12-36(13-5-1)37-22-27-43(28-23-37)57(45-31-33-51-48(35-45)46-18-10-11-19-50(46)58-51)44-29-24-38(25-30-44)42-21-20-39-26-32-49-54(47(39)34-42)56-53(41-16-8-3-9-17-41)52(55-49)40-14-6-2-7-15-40/h1-35H. The van der Waals surface area contributed by atoms with Crippen LogP contribution in [0.5, 0.6) is 0 Å². The molecule has 11 rings (SSSR count). The number of anilines is 3. The Morgan fingerprint density at radius 2 is 0.828 bits per heavy atom. The summed E-state index contributed by atoms with van der Waals surface area (Å²) in [4.78, 5) is 12.9. The van der Waals surface area contributed by atoms with Gasteiger partial charge in [-0.3, -0.25) is 0 Å². The van der Waals surface area contributed by atoms with Crippen LogP contribution in [0, 0.1) is 0 Å². The summed E-state index contributed by atoms with van der Waals surface area (Å²) in [6.45, 7) is 0. The fourth-order valence-corrected chi connectivity index (χ4v) is 8.15. The number of para-hydroxylation sites is 1. The third kappa shape index (κ3) is 5.96. The summed E-state index contributed by atoms with van der Waals surface area (Å²) in [6.07, 6.45) is 0. The predicted octanol–water partition coefficient (Wildman–Crippen LogP) is 14.8. The average molecular weight is 742 g/mol. The zero-order valence-corrected chi connectivity index (χ0v) is 31.5. The second-order valence-electron chi connectivity index (χ2n) is 14.6. The van der Waals surface area contributed by atoms with Crippen LogP contribution in [0.15, 0.2) is 217 Å². The Bertz CT molecular complexity index is 3250. The molecule has 2 aromatic heterocycles. The molecule has 4 heteroatoms. The molecular weight excluding hydrogens is 707 g/mol. The summed E-state index contributed by atoms with van der Waals surface area (Å²) < 4.78 is 6.21. The number of benzene rings is 9. The maximum absolute atomic E-state index is 6.21. The first-order chi connectivity index (χ1) is 28.7. The summed E-state index contributed by atoms with van der Waals surface area (Å²) >= 11 is 0. The highest BCUT2D eigenvalue weighted by Gasteiger charge is 2.18. The molecule has 0 aliphatic rings. The lowest BCUT2D eigenvalue weighted by Gasteiger charge is -2.26. The minimum atomic E-state index is 0.870. The molecule has 0 spiro atoms. The van der Waals surface area contributed by atoms with E-state index in [9.17, 15) is 0 Å². The van der Waals surface area contributed by atoms with E-state index in [1.54, 1.807) is 0 Å². The lowest BCUT2D eigenvalue weighted by Crippen LogP contribution is -2.09.